The van der Waals surface area contributed by atoms with Gasteiger partial charge in [-0.3, -0.25) is 9.11 Å². The third-order valence-corrected chi connectivity index (χ3v) is 1.72. The number of hydrogen-bond donors (Lipinski definition) is 2. The van der Waals surface area contributed by atoms with E-state index in [1.807, 2.05) is 60.7 Å². The van der Waals surface area contributed by atoms with Gasteiger partial charge in [0.1, 0.15) is 11.5 Å². The van der Waals surface area contributed by atoms with Crippen LogP contribution in [0.1, 0.15) is 0 Å². The molecule has 0 aromatic heterocycles. The van der Waals surface area contributed by atoms with Crippen molar-refractivity contribution in [2.45, 2.75) is 0 Å². The Morgan fingerprint density at radius 3 is 1.25 bits per heavy atom. The Labute approximate surface area is 118 Å². The molecular weight excluding hydrogens is 280 g/mol. The van der Waals surface area contributed by atoms with Crippen molar-refractivity contribution in [2.75, 3.05) is 0 Å². The number of hydrogen-bond acceptors (Lipinski definition) is 3. The highest BCUT2D eigenvalue weighted by Crippen LogP contribution is 2.19. The molecule has 2 aromatic rings. The molecule has 20 heavy (non-hydrogen) atoms. The first-order valence-corrected chi connectivity index (χ1v) is 6.83. The lowest BCUT2D eigenvalue weighted by Gasteiger charge is -2.03. The van der Waals surface area contributed by atoms with E-state index in [-0.39, 0.29) is 0 Å². The summed E-state index contributed by atoms with van der Waals surface area (Å²) in [6.45, 7) is 6.00. The minimum Gasteiger partial charge on any atom is -0.457 e. The van der Waals surface area contributed by atoms with E-state index in [4.69, 9.17) is 22.3 Å². The molecule has 108 valence electrons. The second kappa shape index (κ2) is 9.74. The van der Waals surface area contributed by atoms with Crippen molar-refractivity contribution >= 4 is 10.4 Å². The minimum atomic E-state index is -4.67. The molecule has 6 heteroatoms. The summed E-state index contributed by atoms with van der Waals surface area (Å²) >= 11 is 0. The second-order valence-electron chi connectivity index (χ2n) is 3.18. The average molecular weight is 296 g/mol. The molecule has 2 N–H and O–H groups in total. The molecule has 2 rings (SSSR count). The maximum Gasteiger partial charge on any atom is 0.394 e. The number of ether oxygens (including phenoxy) is 1. The molecule has 0 aliphatic heterocycles. The van der Waals surface area contributed by atoms with Crippen LogP contribution in [0.4, 0.5) is 0 Å². The highest BCUT2D eigenvalue weighted by Gasteiger charge is 1.92. The van der Waals surface area contributed by atoms with Crippen LogP contribution < -0.4 is 4.74 Å². The summed E-state index contributed by atoms with van der Waals surface area (Å²) in [5.41, 5.74) is 0. The molecule has 0 unspecified atom stereocenters. The quantitative estimate of drug-likeness (QED) is 0.653. The van der Waals surface area contributed by atoms with Crippen LogP contribution in [0, 0.1) is 0 Å². The van der Waals surface area contributed by atoms with E-state index in [1.165, 1.54) is 0 Å². The molecule has 0 radical (unpaired) electrons. The molecule has 0 aliphatic carbocycles. The van der Waals surface area contributed by atoms with Gasteiger partial charge in [-0.15, -0.1) is 13.2 Å². The van der Waals surface area contributed by atoms with Crippen LogP contribution in [0.25, 0.3) is 0 Å². The van der Waals surface area contributed by atoms with Crippen molar-refractivity contribution in [2.24, 2.45) is 0 Å². The number of benzene rings is 2. The lowest BCUT2D eigenvalue weighted by Crippen LogP contribution is -1.89. The van der Waals surface area contributed by atoms with E-state index in [0.717, 1.165) is 11.5 Å². The van der Waals surface area contributed by atoms with Crippen LogP contribution in [0.15, 0.2) is 73.8 Å². The highest BCUT2D eigenvalue weighted by atomic mass is 32.3. The molecule has 0 spiro atoms. The molecule has 0 atom stereocenters. The van der Waals surface area contributed by atoms with Crippen LogP contribution in [0.2, 0.25) is 0 Å². The summed E-state index contributed by atoms with van der Waals surface area (Å²) in [6, 6.07) is 19.5. The summed E-state index contributed by atoms with van der Waals surface area (Å²) in [7, 11) is -4.67. The van der Waals surface area contributed by atoms with Gasteiger partial charge in [0.15, 0.2) is 0 Å². The lowest BCUT2D eigenvalue weighted by atomic mass is 10.3. The van der Waals surface area contributed by atoms with Crippen molar-refractivity contribution in [1.82, 2.24) is 0 Å². The van der Waals surface area contributed by atoms with Crippen LogP contribution >= 0.6 is 0 Å². The monoisotopic (exact) mass is 296 g/mol. The normalized spacial score (nSPS) is 9.30. The first kappa shape index (κ1) is 17.8. The maximum absolute atomic E-state index is 8.74. The topological polar surface area (TPSA) is 83.8 Å². The van der Waals surface area contributed by atoms with E-state index in [0.29, 0.717) is 0 Å². The Morgan fingerprint density at radius 1 is 0.750 bits per heavy atom. The Kier molecular flexibility index (Phi) is 8.69. The first-order chi connectivity index (χ1) is 9.45. The molecule has 0 aliphatic rings. The van der Waals surface area contributed by atoms with Gasteiger partial charge in [0.25, 0.3) is 0 Å². The Hall–Kier alpha value is -2.15. The second-order valence-corrected chi connectivity index (χ2v) is 4.07. The molecule has 0 heterocycles. The van der Waals surface area contributed by atoms with Crippen LogP contribution in [0.5, 0.6) is 11.5 Å². The predicted octanol–water partition coefficient (Wildman–Crippen LogP) is 3.63. The van der Waals surface area contributed by atoms with Crippen molar-refractivity contribution in [3.8, 4) is 11.5 Å². The third kappa shape index (κ3) is 11.0. The van der Waals surface area contributed by atoms with E-state index in [1.54, 1.807) is 0 Å². The highest BCUT2D eigenvalue weighted by molar-refractivity contribution is 7.79. The zero-order valence-corrected chi connectivity index (χ0v) is 11.5. The first-order valence-electron chi connectivity index (χ1n) is 5.43. The van der Waals surface area contributed by atoms with Gasteiger partial charge in [-0.05, 0) is 24.3 Å². The van der Waals surface area contributed by atoms with Crippen molar-refractivity contribution in [3.63, 3.8) is 0 Å². The third-order valence-electron chi connectivity index (χ3n) is 1.72. The number of para-hydroxylation sites is 2. The van der Waals surface area contributed by atoms with Gasteiger partial charge in [-0.1, -0.05) is 36.4 Å². The van der Waals surface area contributed by atoms with Gasteiger partial charge in [-0.2, -0.15) is 8.42 Å². The van der Waals surface area contributed by atoms with Gasteiger partial charge in [0.05, 0.1) is 0 Å². The molecule has 0 bridgehead atoms. The van der Waals surface area contributed by atoms with Gasteiger partial charge in [-0.25, -0.2) is 0 Å². The van der Waals surface area contributed by atoms with E-state index in [9.17, 15) is 0 Å². The van der Waals surface area contributed by atoms with Crippen LogP contribution in [0.3, 0.4) is 0 Å². The fourth-order valence-electron chi connectivity index (χ4n) is 1.11. The van der Waals surface area contributed by atoms with Gasteiger partial charge < -0.3 is 4.74 Å². The van der Waals surface area contributed by atoms with E-state index < -0.39 is 10.4 Å². The Morgan fingerprint density at radius 2 is 1.00 bits per heavy atom. The number of rotatable bonds is 2. The molecule has 2 aromatic carbocycles. The molecule has 0 amide bonds. The van der Waals surface area contributed by atoms with Gasteiger partial charge in [0.2, 0.25) is 0 Å². The lowest BCUT2D eigenvalue weighted by molar-refractivity contribution is 0.381. The zero-order valence-electron chi connectivity index (χ0n) is 10.7. The molecule has 5 nitrogen and oxygen atoms in total. The summed E-state index contributed by atoms with van der Waals surface area (Å²) in [4.78, 5) is 0. The molecule has 0 fully saturated rings. The van der Waals surface area contributed by atoms with Crippen molar-refractivity contribution < 1.29 is 22.3 Å². The molecule has 0 saturated heterocycles. The Bertz CT molecular complexity index is 522. The van der Waals surface area contributed by atoms with Crippen molar-refractivity contribution in [3.05, 3.63) is 73.8 Å². The summed E-state index contributed by atoms with van der Waals surface area (Å²) in [5, 5.41) is 0. The molecule has 0 saturated carbocycles. The van der Waals surface area contributed by atoms with Crippen molar-refractivity contribution in [1.29, 1.82) is 0 Å². The maximum atomic E-state index is 8.74. The summed E-state index contributed by atoms with van der Waals surface area (Å²) in [6.07, 6.45) is 0. The van der Waals surface area contributed by atoms with E-state index in [2.05, 4.69) is 13.2 Å². The minimum absolute atomic E-state index is 0.869. The Balaban J connectivity index is 0.000000441. The fraction of sp³-hybridized carbons (Fsp3) is 0. The largest absolute Gasteiger partial charge is 0.457 e. The summed E-state index contributed by atoms with van der Waals surface area (Å²) < 4.78 is 37.2. The molecular formula is C14H16O5S. The fourth-order valence-corrected chi connectivity index (χ4v) is 1.11. The standard InChI is InChI=1S/C12H10O.C2H4.H2O4S/c1-3-7-11(8-4-1)13-12-9-5-2-6-10-12;1-2;1-5(2,3)4/h1-10H;1-2H2;(H2,1,2,3,4). The van der Waals surface area contributed by atoms with E-state index >= 15 is 0 Å². The smallest absolute Gasteiger partial charge is 0.394 e. The van der Waals surface area contributed by atoms with Gasteiger partial charge >= 0.3 is 10.4 Å². The SMILES string of the molecule is C=C.O=S(=O)(O)O.c1ccc(Oc2ccccc2)cc1. The average Bonchev–Trinajstić information content (AvgIpc) is 2.41. The van der Waals surface area contributed by atoms with Crippen LogP contribution in [-0.4, -0.2) is 17.5 Å². The zero-order chi connectivity index (χ0) is 15.4. The van der Waals surface area contributed by atoms with Gasteiger partial charge in [0, 0.05) is 0 Å². The van der Waals surface area contributed by atoms with Crippen LogP contribution in [-0.2, 0) is 10.4 Å². The summed E-state index contributed by atoms with van der Waals surface area (Å²) in [5.74, 6) is 1.74. The predicted molar refractivity (Wildman–Crippen MR) is 78.4 cm³/mol.